The smallest absolute Gasteiger partial charge is 0.411 e. The van der Waals surface area contributed by atoms with Crippen LogP contribution in [-0.2, 0) is 22.5 Å². The quantitative estimate of drug-likeness (QED) is 0.477. The van der Waals surface area contributed by atoms with E-state index in [-0.39, 0.29) is 25.5 Å². The Bertz CT molecular complexity index is 1070. The molecule has 3 rings (SSSR count). The molecule has 0 atom stereocenters. The van der Waals surface area contributed by atoms with E-state index in [1.54, 1.807) is 30.1 Å². The summed E-state index contributed by atoms with van der Waals surface area (Å²) >= 11 is 0. The Hall–Kier alpha value is -3.21. The van der Waals surface area contributed by atoms with Crippen molar-refractivity contribution < 1.29 is 27.4 Å². The van der Waals surface area contributed by atoms with Crippen LogP contribution in [0.25, 0.3) is 10.9 Å². The summed E-state index contributed by atoms with van der Waals surface area (Å²) in [6.45, 7) is 3.14. The highest BCUT2D eigenvalue weighted by molar-refractivity contribution is 5.86. The number of carbonyl (C=O) groups is 1. The SMILES string of the molecule is CCNC(=O)Cc1nccc2nn(Cc3cnc(OCCOCC(F)(F)F)c(C)c3)cc12. The van der Waals surface area contributed by atoms with Gasteiger partial charge in [0, 0.05) is 36.1 Å². The lowest BCUT2D eigenvalue weighted by molar-refractivity contribution is -0.175. The summed E-state index contributed by atoms with van der Waals surface area (Å²) < 4.78 is 47.9. The number of amides is 1. The van der Waals surface area contributed by atoms with Gasteiger partial charge in [0.2, 0.25) is 11.8 Å². The van der Waals surface area contributed by atoms with Crippen molar-refractivity contribution in [1.29, 1.82) is 0 Å². The fourth-order valence-corrected chi connectivity index (χ4v) is 3.11. The predicted molar refractivity (Wildman–Crippen MR) is 110 cm³/mol. The number of carbonyl (C=O) groups excluding carboxylic acids is 1. The standard InChI is InChI=1S/C21H24F3N5O3/c1-3-25-19(30)9-18-16-12-29(28-17(16)4-5-26-18)11-15-8-14(2)20(27-10-15)32-7-6-31-13-21(22,23)24/h4-5,8,10,12H,3,6-7,9,11,13H2,1-2H3,(H,25,30). The van der Waals surface area contributed by atoms with Gasteiger partial charge in [0.25, 0.3) is 0 Å². The van der Waals surface area contributed by atoms with Gasteiger partial charge < -0.3 is 14.8 Å². The van der Waals surface area contributed by atoms with Gasteiger partial charge in [-0.25, -0.2) is 4.98 Å². The zero-order chi connectivity index (χ0) is 23.1. The Labute approximate surface area is 182 Å². The molecule has 0 fully saturated rings. The number of rotatable bonds is 10. The number of hydrogen-bond donors (Lipinski definition) is 1. The molecule has 0 aromatic carbocycles. The van der Waals surface area contributed by atoms with Crippen molar-refractivity contribution in [3.05, 3.63) is 47.5 Å². The monoisotopic (exact) mass is 451 g/mol. The number of ether oxygens (including phenoxy) is 2. The van der Waals surface area contributed by atoms with Crippen molar-refractivity contribution in [3.63, 3.8) is 0 Å². The summed E-state index contributed by atoms with van der Waals surface area (Å²) in [4.78, 5) is 20.5. The molecule has 0 unspecified atom stereocenters. The van der Waals surface area contributed by atoms with E-state index >= 15 is 0 Å². The first-order chi connectivity index (χ1) is 15.2. The van der Waals surface area contributed by atoms with Crippen LogP contribution in [0.3, 0.4) is 0 Å². The lowest BCUT2D eigenvalue weighted by atomic mass is 10.2. The lowest BCUT2D eigenvalue weighted by Gasteiger charge is -2.11. The first-order valence-electron chi connectivity index (χ1n) is 10.1. The molecule has 0 saturated carbocycles. The van der Waals surface area contributed by atoms with Crippen LogP contribution in [0.5, 0.6) is 5.88 Å². The third kappa shape index (κ3) is 6.64. The molecule has 0 aliphatic carbocycles. The molecule has 0 spiro atoms. The highest BCUT2D eigenvalue weighted by Crippen LogP contribution is 2.19. The Balaban J connectivity index is 1.62. The van der Waals surface area contributed by atoms with Gasteiger partial charge in [-0.2, -0.15) is 18.3 Å². The van der Waals surface area contributed by atoms with E-state index in [1.165, 1.54) is 0 Å². The third-order valence-electron chi connectivity index (χ3n) is 4.43. The number of fused-ring (bicyclic) bond motifs is 1. The average Bonchev–Trinajstić information content (AvgIpc) is 3.12. The van der Waals surface area contributed by atoms with Crippen molar-refractivity contribution in [1.82, 2.24) is 25.1 Å². The van der Waals surface area contributed by atoms with E-state index in [0.29, 0.717) is 24.7 Å². The Kier molecular flexibility index (Phi) is 7.62. The van der Waals surface area contributed by atoms with Crippen LogP contribution in [0, 0.1) is 6.92 Å². The molecule has 8 nitrogen and oxygen atoms in total. The largest absolute Gasteiger partial charge is 0.475 e. The van der Waals surface area contributed by atoms with Crippen molar-refractivity contribution in [3.8, 4) is 5.88 Å². The molecule has 3 heterocycles. The molecule has 32 heavy (non-hydrogen) atoms. The third-order valence-corrected chi connectivity index (χ3v) is 4.43. The van der Waals surface area contributed by atoms with E-state index in [4.69, 9.17) is 4.74 Å². The van der Waals surface area contributed by atoms with E-state index in [0.717, 1.165) is 22.0 Å². The van der Waals surface area contributed by atoms with E-state index in [1.807, 2.05) is 19.2 Å². The number of halogens is 3. The van der Waals surface area contributed by atoms with Gasteiger partial charge >= 0.3 is 6.18 Å². The van der Waals surface area contributed by atoms with Crippen LogP contribution in [0.2, 0.25) is 0 Å². The Morgan fingerprint density at radius 2 is 2.06 bits per heavy atom. The fourth-order valence-electron chi connectivity index (χ4n) is 3.11. The molecule has 1 amide bonds. The Morgan fingerprint density at radius 1 is 1.25 bits per heavy atom. The number of likely N-dealkylation sites (N-methyl/N-ethyl adjacent to an activating group) is 1. The van der Waals surface area contributed by atoms with Crippen molar-refractivity contribution in [2.75, 3.05) is 26.4 Å². The predicted octanol–water partition coefficient (Wildman–Crippen LogP) is 2.82. The summed E-state index contributed by atoms with van der Waals surface area (Å²) in [5, 5.41) is 8.11. The molecular formula is C21H24F3N5O3. The van der Waals surface area contributed by atoms with Gasteiger partial charge in [0.05, 0.1) is 30.8 Å². The molecule has 0 bridgehead atoms. The minimum atomic E-state index is -4.36. The first kappa shape index (κ1) is 23.5. The van der Waals surface area contributed by atoms with Crippen LogP contribution in [0.1, 0.15) is 23.7 Å². The molecule has 11 heteroatoms. The van der Waals surface area contributed by atoms with Gasteiger partial charge in [-0.15, -0.1) is 0 Å². The zero-order valence-electron chi connectivity index (χ0n) is 17.8. The van der Waals surface area contributed by atoms with Crippen molar-refractivity contribution in [2.45, 2.75) is 33.0 Å². The highest BCUT2D eigenvalue weighted by Gasteiger charge is 2.27. The van der Waals surface area contributed by atoms with Gasteiger partial charge in [0.1, 0.15) is 13.2 Å². The number of aromatic nitrogens is 4. The number of pyridine rings is 2. The molecular weight excluding hydrogens is 427 g/mol. The molecule has 3 aromatic rings. The molecule has 0 aliphatic heterocycles. The summed E-state index contributed by atoms with van der Waals surface area (Å²) in [5.74, 6) is 0.239. The van der Waals surface area contributed by atoms with E-state index in [2.05, 4.69) is 25.1 Å². The number of hydrogen-bond acceptors (Lipinski definition) is 6. The van der Waals surface area contributed by atoms with Crippen molar-refractivity contribution in [2.24, 2.45) is 0 Å². The summed E-state index contributed by atoms with van der Waals surface area (Å²) in [5.41, 5.74) is 3.01. The molecule has 172 valence electrons. The lowest BCUT2D eigenvalue weighted by Crippen LogP contribution is -2.24. The summed E-state index contributed by atoms with van der Waals surface area (Å²) in [7, 11) is 0. The number of aryl methyl sites for hydroxylation is 1. The fraction of sp³-hybridized carbons (Fsp3) is 0.429. The maximum atomic E-state index is 12.1. The zero-order valence-corrected chi connectivity index (χ0v) is 17.8. The van der Waals surface area contributed by atoms with Crippen molar-refractivity contribution >= 4 is 16.8 Å². The molecule has 0 aliphatic rings. The van der Waals surface area contributed by atoms with Gasteiger partial charge in [0.15, 0.2) is 0 Å². The highest BCUT2D eigenvalue weighted by atomic mass is 19.4. The van der Waals surface area contributed by atoms with Gasteiger partial charge in [-0.1, -0.05) is 0 Å². The number of nitrogens with one attached hydrogen (secondary N) is 1. The van der Waals surface area contributed by atoms with Crippen LogP contribution in [0.4, 0.5) is 13.2 Å². The number of alkyl halides is 3. The van der Waals surface area contributed by atoms with Gasteiger partial charge in [-0.3, -0.25) is 14.5 Å². The number of nitrogens with zero attached hydrogens (tertiary/aromatic N) is 4. The molecule has 0 radical (unpaired) electrons. The Morgan fingerprint density at radius 3 is 2.78 bits per heavy atom. The summed E-state index contributed by atoms with van der Waals surface area (Å²) in [6, 6.07) is 3.66. The van der Waals surface area contributed by atoms with Gasteiger partial charge in [-0.05, 0) is 31.5 Å². The second-order valence-electron chi connectivity index (χ2n) is 7.13. The second kappa shape index (κ2) is 10.4. The maximum Gasteiger partial charge on any atom is 0.411 e. The van der Waals surface area contributed by atoms with Crippen LogP contribution in [-0.4, -0.2) is 58.2 Å². The maximum absolute atomic E-state index is 12.1. The van der Waals surface area contributed by atoms with Crippen LogP contribution in [0.15, 0.2) is 30.7 Å². The second-order valence-corrected chi connectivity index (χ2v) is 7.13. The summed E-state index contributed by atoms with van der Waals surface area (Å²) in [6.07, 6.45) is 0.917. The topological polar surface area (TPSA) is 91.2 Å². The normalized spacial score (nSPS) is 11.7. The van der Waals surface area contributed by atoms with E-state index < -0.39 is 12.8 Å². The molecule has 1 N–H and O–H groups in total. The van der Waals surface area contributed by atoms with E-state index in [9.17, 15) is 18.0 Å². The van der Waals surface area contributed by atoms with Crippen LogP contribution < -0.4 is 10.1 Å². The molecule has 3 aromatic heterocycles. The first-order valence-corrected chi connectivity index (χ1v) is 10.1. The minimum Gasteiger partial charge on any atom is -0.475 e. The van der Waals surface area contributed by atoms with Crippen LogP contribution >= 0.6 is 0 Å². The molecule has 0 saturated heterocycles. The average molecular weight is 451 g/mol. The minimum absolute atomic E-state index is 0.0325.